The van der Waals surface area contributed by atoms with Gasteiger partial charge in [-0.1, -0.05) is 11.6 Å². The number of benzene rings is 2. The smallest absolute Gasteiger partial charge is 0.101 e. The second-order valence-electron chi connectivity index (χ2n) is 3.67. The summed E-state index contributed by atoms with van der Waals surface area (Å²) in [6, 6.07) is 12.7. The van der Waals surface area contributed by atoms with Gasteiger partial charge in [0.1, 0.15) is 6.07 Å². The van der Waals surface area contributed by atoms with Crippen LogP contribution in [0.15, 0.2) is 40.9 Å². The predicted molar refractivity (Wildman–Crippen MR) is 78.0 cm³/mol. The molecular weight excluding hydrogens is 314 g/mol. The van der Waals surface area contributed by atoms with Crippen molar-refractivity contribution in [2.24, 2.45) is 0 Å². The Morgan fingerprint density at radius 2 is 2.00 bits per heavy atom. The number of nitrogen functional groups attached to an aromatic ring is 1. The Bertz CT molecular complexity index is 635. The number of nitrogens with two attached hydrogens (primary N) is 1. The molecule has 0 saturated carbocycles. The van der Waals surface area contributed by atoms with Crippen LogP contribution in [-0.2, 0) is 0 Å². The van der Waals surface area contributed by atoms with E-state index >= 15 is 0 Å². The SMILES string of the molecule is N#Cc1cc(N)ccc1Nc1ccc(Cl)c(Br)c1. The van der Waals surface area contributed by atoms with Crippen LogP contribution in [0, 0.1) is 11.3 Å². The molecule has 0 aliphatic rings. The Balaban J connectivity index is 2.34. The highest BCUT2D eigenvalue weighted by molar-refractivity contribution is 9.10. The van der Waals surface area contributed by atoms with E-state index in [4.69, 9.17) is 22.6 Å². The molecule has 0 aliphatic carbocycles. The van der Waals surface area contributed by atoms with E-state index in [1.54, 1.807) is 24.3 Å². The lowest BCUT2D eigenvalue weighted by Gasteiger charge is -2.09. The Kier molecular flexibility index (Phi) is 3.75. The van der Waals surface area contributed by atoms with Crippen molar-refractivity contribution in [1.29, 1.82) is 5.26 Å². The Labute approximate surface area is 118 Å². The first-order valence-electron chi connectivity index (χ1n) is 5.12. The van der Waals surface area contributed by atoms with Gasteiger partial charge in [-0.05, 0) is 52.3 Å². The monoisotopic (exact) mass is 321 g/mol. The summed E-state index contributed by atoms with van der Waals surface area (Å²) >= 11 is 9.27. The lowest BCUT2D eigenvalue weighted by Crippen LogP contribution is -1.95. The fourth-order valence-corrected chi connectivity index (χ4v) is 1.99. The molecule has 5 heteroatoms. The molecule has 18 heavy (non-hydrogen) atoms. The summed E-state index contributed by atoms with van der Waals surface area (Å²) in [4.78, 5) is 0. The molecule has 0 amide bonds. The average molecular weight is 323 g/mol. The summed E-state index contributed by atoms with van der Waals surface area (Å²) in [5.41, 5.74) is 8.25. The maximum Gasteiger partial charge on any atom is 0.101 e. The van der Waals surface area contributed by atoms with Crippen LogP contribution >= 0.6 is 27.5 Å². The Hall–Kier alpha value is -1.70. The highest BCUT2D eigenvalue weighted by Crippen LogP contribution is 2.28. The minimum absolute atomic E-state index is 0.501. The standard InChI is InChI=1S/C13H9BrClN3/c14-11-6-10(2-3-12(11)15)18-13-4-1-9(17)5-8(13)7-16/h1-6,18H,17H2. The molecule has 2 aromatic carbocycles. The van der Waals surface area contributed by atoms with E-state index in [0.29, 0.717) is 22.0 Å². The molecular formula is C13H9BrClN3. The molecule has 3 nitrogen and oxygen atoms in total. The Morgan fingerprint density at radius 1 is 1.22 bits per heavy atom. The van der Waals surface area contributed by atoms with Gasteiger partial charge in [-0.2, -0.15) is 5.26 Å². The summed E-state index contributed by atoms with van der Waals surface area (Å²) in [7, 11) is 0. The van der Waals surface area contributed by atoms with Crippen molar-refractivity contribution in [3.05, 3.63) is 51.5 Å². The summed E-state index contributed by atoms with van der Waals surface area (Å²) in [5, 5.41) is 12.8. The number of hydrogen-bond acceptors (Lipinski definition) is 3. The van der Waals surface area contributed by atoms with Crippen molar-refractivity contribution in [1.82, 2.24) is 0 Å². The highest BCUT2D eigenvalue weighted by atomic mass is 79.9. The third kappa shape index (κ3) is 2.76. The third-order valence-electron chi connectivity index (χ3n) is 2.36. The van der Waals surface area contributed by atoms with Crippen molar-refractivity contribution in [3.8, 4) is 6.07 Å². The van der Waals surface area contributed by atoms with E-state index in [9.17, 15) is 0 Å². The normalized spacial score (nSPS) is 9.83. The second-order valence-corrected chi connectivity index (χ2v) is 4.93. The molecule has 3 N–H and O–H groups in total. The van der Waals surface area contributed by atoms with Gasteiger partial charge in [0.25, 0.3) is 0 Å². The zero-order valence-corrected chi connectivity index (χ0v) is 11.6. The van der Waals surface area contributed by atoms with Crippen LogP contribution in [0.1, 0.15) is 5.56 Å². The van der Waals surface area contributed by atoms with Gasteiger partial charge in [-0.25, -0.2) is 0 Å². The van der Waals surface area contributed by atoms with Crippen LogP contribution in [0.3, 0.4) is 0 Å². The number of hydrogen-bond donors (Lipinski definition) is 2. The molecule has 0 aromatic heterocycles. The van der Waals surface area contributed by atoms with E-state index in [-0.39, 0.29) is 0 Å². The molecule has 2 rings (SSSR count). The molecule has 0 atom stereocenters. The average Bonchev–Trinajstić information content (AvgIpc) is 2.36. The van der Waals surface area contributed by atoms with Crippen molar-refractivity contribution in [2.75, 3.05) is 11.1 Å². The van der Waals surface area contributed by atoms with E-state index in [0.717, 1.165) is 10.2 Å². The molecule has 0 fully saturated rings. The molecule has 0 aliphatic heterocycles. The zero-order chi connectivity index (χ0) is 13.1. The first-order chi connectivity index (χ1) is 8.60. The van der Waals surface area contributed by atoms with Gasteiger partial charge in [0.05, 0.1) is 16.3 Å². The highest BCUT2D eigenvalue weighted by Gasteiger charge is 2.04. The van der Waals surface area contributed by atoms with Gasteiger partial charge in [0, 0.05) is 15.8 Å². The molecule has 0 heterocycles. The van der Waals surface area contributed by atoms with E-state index < -0.39 is 0 Å². The number of anilines is 3. The van der Waals surface area contributed by atoms with Crippen LogP contribution in [0.4, 0.5) is 17.1 Å². The Morgan fingerprint density at radius 3 is 2.67 bits per heavy atom. The van der Waals surface area contributed by atoms with Crippen LogP contribution in [0.2, 0.25) is 5.02 Å². The van der Waals surface area contributed by atoms with Gasteiger partial charge < -0.3 is 11.1 Å². The van der Waals surface area contributed by atoms with E-state index in [1.165, 1.54) is 0 Å². The number of rotatable bonds is 2. The molecule has 0 radical (unpaired) electrons. The molecule has 0 bridgehead atoms. The van der Waals surface area contributed by atoms with Crippen LogP contribution in [0.5, 0.6) is 0 Å². The second kappa shape index (κ2) is 5.30. The van der Waals surface area contributed by atoms with E-state index in [2.05, 4.69) is 27.3 Å². The summed E-state index contributed by atoms with van der Waals surface area (Å²) < 4.78 is 0.795. The first kappa shape index (κ1) is 12.7. The molecule has 90 valence electrons. The fourth-order valence-electron chi connectivity index (χ4n) is 1.49. The number of halogens is 2. The molecule has 0 unspecified atom stereocenters. The van der Waals surface area contributed by atoms with Crippen LogP contribution in [0.25, 0.3) is 0 Å². The summed E-state index contributed by atoms with van der Waals surface area (Å²) in [6.07, 6.45) is 0. The lowest BCUT2D eigenvalue weighted by atomic mass is 10.1. The topological polar surface area (TPSA) is 61.8 Å². The predicted octanol–water partition coefficient (Wildman–Crippen LogP) is 4.30. The summed E-state index contributed by atoms with van der Waals surface area (Å²) in [5.74, 6) is 0. The maximum atomic E-state index is 9.04. The first-order valence-corrected chi connectivity index (χ1v) is 6.29. The minimum atomic E-state index is 0.501. The summed E-state index contributed by atoms with van der Waals surface area (Å²) in [6.45, 7) is 0. The number of nitriles is 1. The van der Waals surface area contributed by atoms with Gasteiger partial charge >= 0.3 is 0 Å². The molecule has 0 spiro atoms. The van der Waals surface area contributed by atoms with Crippen molar-refractivity contribution < 1.29 is 0 Å². The quantitative estimate of drug-likeness (QED) is 0.810. The van der Waals surface area contributed by atoms with Crippen molar-refractivity contribution >= 4 is 44.6 Å². The number of nitrogens with one attached hydrogen (secondary N) is 1. The fraction of sp³-hybridized carbons (Fsp3) is 0. The van der Waals surface area contributed by atoms with Gasteiger partial charge in [-0.15, -0.1) is 0 Å². The zero-order valence-electron chi connectivity index (χ0n) is 9.24. The maximum absolute atomic E-state index is 9.04. The van der Waals surface area contributed by atoms with Gasteiger partial charge in [0.2, 0.25) is 0 Å². The van der Waals surface area contributed by atoms with Crippen molar-refractivity contribution in [2.45, 2.75) is 0 Å². The third-order valence-corrected chi connectivity index (χ3v) is 3.58. The van der Waals surface area contributed by atoms with E-state index in [1.807, 2.05) is 12.1 Å². The van der Waals surface area contributed by atoms with Crippen molar-refractivity contribution in [3.63, 3.8) is 0 Å². The lowest BCUT2D eigenvalue weighted by molar-refractivity contribution is 1.46. The molecule has 0 saturated heterocycles. The number of nitrogens with zero attached hydrogens (tertiary/aromatic N) is 1. The minimum Gasteiger partial charge on any atom is -0.399 e. The van der Waals surface area contributed by atoms with Gasteiger partial charge in [0.15, 0.2) is 0 Å². The van der Waals surface area contributed by atoms with Gasteiger partial charge in [-0.3, -0.25) is 0 Å². The van der Waals surface area contributed by atoms with Crippen LogP contribution in [-0.4, -0.2) is 0 Å². The van der Waals surface area contributed by atoms with Crippen LogP contribution < -0.4 is 11.1 Å². The molecule has 2 aromatic rings. The largest absolute Gasteiger partial charge is 0.399 e.